The van der Waals surface area contributed by atoms with Crippen molar-refractivity contribution in [1.82, 2.24) is 10.2 Å². The molecule has 8 nitrogen and oxygen atoms in total. The van der Waals surface area contributed by atoms with Crippen LogP contribution in [0.2, 0.25) is 0 Å². The number of morpholine rings is 1. The second-order valence-electron chi connectivity index (χ2n) is 7.88. The number of anilines is 1. The van der Waals surface area contributed by atoms with Gasteiger partial charge in [0.2, 0.25) is 5.91 Å². The van der Waals surface area contributed by atoms with Crippen molar-refractivity contribution in [3.8, 4) is 0 Å². The van der Waals surface area contributed by atoms with Crippen LogP contribution < -0.4 is 10.2 Å². The number of ether oxygens (including phenoxy) is 1. The molecule has 28 heavy (non-hydrogen) atoms. The predicted molar refractivity (Wildman–Crippen MR) is 105 cm³/mol. The first-order chi connectivity index (χ1) is 13.6. The predicted octanol–water partition coefficient (Wildman–Crippen LogP) is 1.93. The Bertz CT molecular complexity index is 722. The summed E-state index contributed by atoms with van der Waals surface area (Å²) in [6, 6.07) is 6.89. The van der Waals surface area contributed by atoms with Gasteiger partial charge in [-0.05, 0) is 25.3 Å². The van der Waals surface area contributed by atoms with Gasteiger partial charge in [0, 0.05) is 43.9 Å². The van der Waals surface area contributed by atoms with Gasteiger partial charge in [0.15, 0.2) is 0 Å². The lowest BCUT2D eigenvalue weighted by Crippen LogP contribution is -2.57. The van der Waals surface area contributed by atoms with Crippen LogP contribution in [0.25, 0.3) is 0 Å². The van der Waals surface area contributed by atoms with E-state index in [2.05, 4.69) is 10.2 Å². The molecule has 1 aliphatic carbocycles. The lowest BCUT2D eigenvalue weighted by molar-refractivity contribution is -0.384. The van der Waals surface area contributed by atoms with E-state index in [0.29, 0.717) is 24.3 Å². The van der Waals surface area contributed by atoms with E-state index in [4.69, 9.17) is 4.74 Å². The molecule has 3 atom stereocenters. The second-order valence-corrected chi connectivity index (χ2v) is 7.88. The van der Waals surface area contributed by atoms with Gasteiger partial charge in [0.05, 0.1) is 29.9 Å². The molecule has 0 aromatic heterocycles. The van der Waals surface area contributed by atoms with Crippen LogP contribution in [0, 0.1) is 10.1 Å². The molecule has 4 rings (SSSR count). The van der Waals surface area contributed by atoms with Gasteiger partial charge in [0.1, 0.15) is 0 Å². The first-order valence-corrected chi connectivity index (χ1v) is 10.3. The molecule has 1 N–H and O–H groups in total. The molecular formula is C20H28N4O4. The van der Waals surface area contributed by atoms with Crippen LogP contribution in [-0.2, 0) is 9.53 Å². The Morgan fingerprint density at radius 2 is 1.89 bits per heavy atom. The minimum atomic E-state index is -0.422. The molecule has 2 aliphatic heterocycles. The summed E-state index contributed by atoms with van der Waals surface area (Å²) in [6.07, 6.45) is 5.40. The molecule has 0 unspecified atom stereocenters. The summed E-state index contributed by atoms with van der Waals surface area (Å²) in [5.74, 6) is 0.0202. The molecular weight excluding hydrogens is 360 g/mol. The molecule has 0 radical (unpaired) electrons. The number of hydrogen-bond acceptors (Lipinski definition) is 6. The fraction of sp³-hybridized carbons (Fsp3) is 0.650. The summed E-state index contributed by atoms with van der Waals surface area (Å²) in [5, 5.41) is 14.7. The third-order valence-electron chi connectivity index (χ3n) is 6.22. The molecule has 0 bridgehead atoms. The monoisotopic (exact) mass is 388 g/mol. The summed E-state index contributed by atoms with van der Waals surface area (Å²) in [7, 11) is 0. The van der Waals surface area contributed by atoms with Crippen LogP contribution in [-0.4, -0.2) is 66.7 Å². The Balaban J connectivity index is 1.43. The van der Waals surface area contributed by atoms with E-state index >= 15 is 0 Å². The van der Waals surface area contributed by atoms with Crippen molar-refractivity contribution in [2.75, 3.05) is 37.7 Å². The van der Waals surface area contributed by atoms with Crippen LogP contribution in [0.1, 0.15) is 32.1 Å². The fourth-order valence-corrected chi connectivity index (χ4v) is 4.78. The van der Waals surface area contributed by atoms with Gasteiger partial charge in [0.25, 0.3) is 5.69 Å². The summed E-state index contributed by atoms with van der Waals surface area (Å²) in [6.45, 7) is 4.08. The average Bonchev–Trinajstić information content (AvgIpc) is 3.09. The number of hydrogen-bond donors (Lipinski definition) is 1. The van der Waals surface area contributed by atoms with Crippen molar-refractivity contribution in [1.29, 1.82) is 0 Å². The van der Waals surface area contributed by atoms with E-state index in [-0.39, 0.29) is 17.6 Å². The molecule has 152 valence electrons. The summed E-state index contributed by atoms with van der Waals surface area (Å²) in [4.78, 5) is 27.8. The zero-order valence-corrected chi connectivity index (χ0v) is 16.1. The quantitative estimate of drug-likeness (QED) is 0.613. The molecule has 3 aliphatic rings. The Kier molecular flexibility index (Phi) is 5.89. The highest BCUT2D eigenvalue weighted by atomic mass is 16.6. The topological polar surface area (TPSA) is 88.0 Å². The Morgan fingerprint density at radius 1 is 1.11 bits per heavy atom. The van der Waals surface area contributed by atoms with Crippen LogP contribution in [0.15, 0.2) is 24.3 Å². The third-order valence-corrected chi connectivity index (χ3v) is 6.22. The van der Waals surface area contributed by atoms with Gasteiger partial charge in [-0.2, -0.15) is 0 Å². The first kappa shape index (κ1) is 19.3. The third kappa shape index (κ3) is 4.04. The molecule has 1 amide bonds. The van der Waals surface area contributed by atoms with Crippen molar-refractivity contribution < 1.29 is 14.5 Å². The second kappa shape index (κ2) is 8.55. The smallest absolute Gasteiger partial charge is 0.271 e. The molecule has 0 spiro atoms. The zero-order chi connectivity index (χ0) is 19.5. The first-order valence-electron chi connectivity index (χ1n) is 10.3. The number of nitro groups is 1. The number of rotatable bonds is 5. The number of amides is 1. The number of non-ortho nitro benzene ring substituents is 1. The number of nitrogens with one attached hydrogen (secondary N) is 1. The number of nitrogens with zero attached hydrogens (tertiary/aromatic N) is 3. The van der Waals surface area contributed by atoms with E-state index in [1.807, 2.05) is 0 Å². The average molecular weight is 388 g/mol. The van der Waals surface area contributed by atoms with Gasteiger partial charge in [-0.15, -0.1) is 0 Å². The van der Waals surface area contributed by atoms with E-state index in [1.54, 1.807) is 17.0 Å². The van der Waals surface area contributed by atoms with Crippen LogP contribution >= 0.6 is 0 Å². The van der Waals surface area contributed by atoms with E-state index in [9.17, 15) is 14.9 Å². The lowest BCUT2D eigenvalue weighted by Gasteiger charge is -2.42. The molecule has 8 heteroatoms. The Hall–Kier alpha value is -2.03. The molecule has 1 aromatic rings. The van der Waals surface area contributed by atoms with E-state index in [1.165, 1.54) is 25.0 Å². The molecule has 3 fully saturated rings. The maximum Gasteiger partial charge on any atom is 0.271 e. The molecule has 1 aromatic carbocycles. The fourth-order valence-electron chi connectivity index (χ4n) is 4.78. The van der Waals surface area contributed by atoms with Gasteiger partial charge < -0.3 is 15.0 Å². The summed E-state index contributed by atoms with van der Waals surface area (Å²) in [5.41, 5.74) is 0.623. The normalized spacial score (nSPS) is 29.2. The van der Waals surface area contributed by atoms with Gasteiger partial charge in [-0.1, -0.05) is 18.9 Å². The van der Waals surface area contributed by atoms with Crippen LogP contribution in [0.5, 0.6) is 0 Å². The Labute approximate surface area is 165 Å². The number of benzene rings is 1. The molecule has 2 saturated heterocycles. The largest absolute Gasteiger partial charge is 0.379 e. The highest BCUT2D eigenvalue weighted by Gasteiger charge is 2.38. The van der Waals surface area contributed by atoms with E-state index in [0.717, 1.165) is 45.6 Å². The highest BCUT2D eigenvalue weighted by Crippen LogP contribution is 2.28. The lowest BCUT2D eigenvalue weighted by atomic mass is 9.88. The molecule has 1 saturated carbocycles. The van der Waals surface area contributed by atoms with Gasteiger partial charge >= 0.3 is 0 Å². The zero-order valence-electron chi connectivity index (χ0n) is 16.1. The Morgan fingerprint density at radius 3 is 2.68 bits per heavy atom. The minimum absolute atomic E-state index is 0.0152. The van der Waals surface area contributed by atoms with Crippen LogP contribution in [0.4, 0.5) is 11.4 Å². The van der Waals surface area contributed by atoms with E-state index < -0.39 is 4.92 Å². The molecule has 2 heterocycles. The SMILES string of the molecule is O=C1[C@H](N[C@@H]2CCCC[C@@H]2N2CCOCC2)CCN1c1cccc([N+](=O)[O-])c1. The minimum Gasteiger partial charge on any atom is -0.379 e. The van der Waals surface area contributed by atoms with Gasteiger partial charge in [-0.3, -0.25) is 19.8 Å². The summed E-state index contributed by atoms with van der Waals surface area (Å²) >= 11 is 0. The highest BCUT2D eigenvalue weighted by molar-refractivity contribution is 5.99. The summed E-state index contributed by atoms with van der Waals surface area (Å²) < 4.78 is 5.49. The van der Waals surface area contributed by atoms with Crippen molar-refractivity contribution in [3.05, 3.63) is 34.4 Å². The number of nitro benzene ring substituents is 1. The van der Waals surface area contributed by atoms with Crippen molar-refractivity contribution in [2.24, 2.45) is 0 Å². The van der Waals surface area contributed by atoms with Crippen molar-refractivity contribution in [3.63, 3.8) is 0 Å². The van der Waals surface area contributed by atoms with Gasteiger partial charge in [-0.25, -0.2) is 0 Å². The number of carbonyl (C=O) groups is 1. The standard InChI is InChI=1S/C20H28N4O4/c25-20-18(8-9-23(20)15-4-3-5-16(14-15)24(26)27)21-17-6-1-2-7-19(17)22-10-12-28-13-11-22/h3-5,14,17-19,21H,1-2,6-13H2/t17-,18-,19+/m1/s1. The number of carbonyl (C=O) groups excluding carboxylic acids is 1. The van der Waals surface area contributed by atoms with Crippen molar-refractivity contribution >= 4 is 17.3 Å². The van der Waals surface area contributed by atoms with Crippen molar-refractivity contribution in [2.45, 2.75) is 50.2 Å². The maximum atomic E-state index is 13.0. The maximum absolute atomic E-state index is 13.0. The van der Waals surface area contributed by atoms with Crippen LogP contribution in [0.3, 0.4) is 0 Å².